The number of nitrogens with one attached hydrogen (secondary N) is 1. The fourth-order valence-corrected chi connectivity index (χ4v) is 2.48. The Morgan fingerprint density at radius 2 is 2.11 bits per heavy atom. The van der Waals surface area contributed by atoms with Gasteiger partial charge < -0.3 is 14.8 Å². The predicted octanol–water partition coefficient (Wildman–Crippen LogP) is 2.77. The first-order valence-corrected chi connectivity index (χ1v) is 6.69. The zero-order valence-electron chi connectivity index (χ0n) is 11.5. The van der Waals surface area contributed by atoms with Gasteiger partial charge in [0.1, 0.15) is 5.75 Å². The van der Waals surface area contributed by atoms with Gasteiger partial charge in [-0.3, -0.25) is 0 Å². The Bertz CT molecular complexity index is 379. The molecule has 0 spiro atoms. The molecule has 1 fully saturated rings. The van der Waals surface area contributed by atoms with Gasteiger partial charge in [0.25, 0.3) is 0 Å². The van der Waals surface area contributed by atoms with Crippen LogP contribution in [0.5, 0.6) is 5.75 Å². The summed E-state index contributed by atoms with van der Waals surface area (Å²) in [5, 5.41) is 3.46. The molecule has 0 aliphatic carbocycles. The van der Waals surface area contributed by atoms with Crippen LogP contribution in [0, 0.1) is 5.92 Å². The van der Waals surface area contributed by atoms with E-state index >= 15 is 0 Å². The van der Waals surface area contributed by atoms with Crippen LogP contribution >= 0.6 is 0 Å². The van der Waals surface area contributed by atoms with Gasteiger partial charge in [0.15, 0.2) is 0 Å². The van der Waals surface area contributed by atoms with Gasteiger partial charge in [-0.2, -0.15) is 0 Å². The minimum absolute atomic E-state index is 0.0960. The van der Waals surface area contributed by atoms with Gasteiger partial charge in [0.2, 0.25) is 0 Å². The molecule has 3 nitrogen and oxygen atoms in total. The molecular formula is C15H23NO2. The molecule has 0 saturated carbocycles. The Balaban J connectivity index is 2.08. The summed E-state index contributed by atoms with van der Waals surface area (Å²) in [4.78, 5) is 0. The molecule has 1 saturated heterocycles. The summed E-state index contributed by atoms with van der Waals surface area (Å²) >= 11 is 0. The summed E-state index contributed by atoms with van der Waals surface area (Å²) in [5.74, 6) is 1.57. The second-order valence-electron chi connectivity index (χ2n) is 5.28. The summed E-state index contributed by atoms with van der Waals surface area (Å²) in [6, 6.07) is 8.10. The van der Waals surface area contributed by atoms with Crippen molar-refractivity contribution in [2.24, 2.45) is 5.92 Å². The average Bonchev–Trinajstić information content (AvgIpc) is 2.38. The van der Waals surface area contributed by atoms with Crippen LogP contribution in [0.25, 0.3) is 0 Å². The first kappa shape index (κ1) is 13.4. The van der Waals surface area contributed by atoms with Crippen molar-refractivity contribution >= 4 is 0 Å². The van der Waals surface area contributed by atoms with Crippen LogP contribution in [0.1, 0.15) is 31.9 Å². The maximum atomic E-state index is 6.18. The van der Waals surface area contributed by atoms with Crippen LogP contribution in [0.3, 0.4) is 0 Å². The Labute approximate surface area is 109 Å². The monoisotopic (exact) mass is 249 g/mol. The molecule has 100 valence electrons. The van der Waals surface area contributed by atoms with Gasteiger partial charge >= 0.3 is 0 Å². The van der Waals surface area contributed by atoms with Crippen LogP contribution in [0.15, 0.2) is 24.3 Å². The normalized spacial score (nSPS) is 24.2. The highest BCUT2D eigenvalue weighted by Crippen LogP contribution is 2.30. The van der Waals surface area contributed by atoms with Crippen LogP contribution in [-0.4, -0.2) is 26.3 Å². The van der Waals surface area contributed by atoms with Crippen molar-refractivity contribution in [3.63, 3.8) is 0 Å². The van der Waals surface area contributed by atoms with E-state index in [1.165, 1.54) is 0 Å². The van der Waals surface area contributed by atoms with Gasteiger partial charge in [0.05, 0.1) is 19.3 Å². The summed E-state index contributed by atoms with van der Waals surface area (Å²) < 4.78 is 11.6. The maximum absolute atomic E-state index is 6.18. The zero-order chi connectivity index (χ0) is 13.0. The van der Waals surface area contributed by atoms with Crippen LogP contribution < -0.4 is 10.1 Å². The van der Waals surface area contributed by atoms with Crippen molar-refractivity contribution in [3.05, 3.63) is 29.8 Å². The second kappa shape index (κ2) is 6.21. The minimum atomic E-state index is 0.0960. The average molecular weight is 249 g/mol. The van der Waals surface area contributed by atoms with Gasteiger partial charge in [0, 0.05) is 18.7 Å². The first-order valence-electron chi connectivity index (χ1n) is 6.69. The SMILES string of the molecule is COc1ccccc1C1CNCC(CC(C)C)O1. The molecule has 1 N–H and O–H groups in total. The molecule has 0 amide bonds. The van der Waals surface area contributed by atoms with Crippen molar-refractivity contribution in [3.8, 4) is 5.75 Å². The summed E-state index contributed by atoms with van der Waals surface area (Å²) in [6.07, 6.45) is 1.49. The molecule has 1 aliphatic heterocycles. The lowest BCUT2D eigenvalue weighted by atomic mass is 10.0. The second-order valence-corrected chi connectivity index (χ2v) is 5.28. The predicted molar refractivity (Wildman–Crippen MR) is 72.9 cm³/mol. The Kier molecular flexibility index (Phi) is 4.61. The number of rotatable bonds is 4. The van der Waals surface area contributed by atoms with Crippen LogP contribution in [-0.2, 0) is 4.74 Å². The molecule has 0 bridgehead atoms. The summed E-state index contributed by atoms with van der Waals surface area (Å²) in [6.45, 7) is 6.27. The summed E-state index contributed by atoms with van der Waals surface area (Å²) in [5.41, 5.74) is 1.14. The van der Waals surface area contributed by atoms with Gasteiger partial charge in [-0.05, 0) is 18.4 Å². The lowest BCUT2D eigenvalue weighted by molar-refractivity contribution is -0.0482. The van der Waals surface area contributed by atoms with E-state index in [1.807, 2.05) is 18.2 Å². The standard InChI is InChI=1S/C15H23NO2/c1-11(2)8-12-9-16-10-15(18-12)13-6-4-5-7-14(13)17-3/h4-7,11-12,15-16H,8-10H2,1-3H3. The molecule has 3 heteroatoms. The van der Waals surface area contributed by atoms with E-state index in [1.54, 1.807) is 7.11 Å². The summed E-state index contributed by atoms with van der Waals surface area (Å²) in [7, 11) is 1.71. The van der Waals surface area contributed by atoms with E-state index in [4.69, 9.17) is 9.47 Å². The number of morpholine rings is 1. The van der Waals surface area contributed by atoms with Crippen LogP contribution in [0.2, 0.25) is 0 Å². The fourth-order valence-electron chi connectivity index (χ4n) is 2.48. The van der Waals surface area contributed by atoms with Gasteiger partial charge in [-0.1, -0.05) is 32.0 Å². The van der Waals surface area contributed by atoms with Crippen molar-refractivity contribution < 1.29 is 9.47 Å². The molecule has 1 aliphatic rings. The topological polar surface area (TPSA) is 30.5 Å². The Hall–Kier alpha value is -1.06. The molecular weight excluding hydrogens is 226 g/mol. The molecule has 0 aromatic heterocycles. The van der Waals surface area contributed by atoms with Crippen molar-refractivity contribution in [1.82, 2.24) is 5.32 Å². The van der Waals surface area contributed by atoms with E-state index in [2.05, 4.69) is 25.2 Å². The number of hydrogen-bond acceptors (Lipinski definition) is 3. The Morgan fingerprint density at radius 3 is 2.83 bits per heavy atom. The van der Waals surface area contributed by atoms with E-state index in [9.17, 15) is 0 Å². The lowest BCUT2D eigenvalue weighted by Crippen LogP contribution is -2.41. The van der Waals surface area contributed by atoms with E-state index in [0.717, 1.165) is 30.8 Å². The molecule has 1 aromatic rings. The van der Waals surface area contributed by atoms with E-state index < -0.39 is 0 Å². The van der Waals surface area contributed by atoms with Crippen molar-refractivity contribution in [2.75, 3.05) is 20.2 Å². The van der Waals surface area contributed by atoms with Gasteiger partial charge in [-0.15, -0.1) is 0 Å². The van der Waals surface area contributed by atoms with Crippen LogP contribution in [0.4, 0.5) is 0 Å². The Morgan fingerprint density at radius 1 is 1.33 bits per heavy atom. The first-order chi connectivity index (χ1) is 8.70. The molecule has 2 rings (SSSR count). The number of hydrogen-bond donors (Lipinski definition) is 1. The molecule has 18 heavy (non-hydrogen) atoms. The number of benzene rings is 1. The highest BCUT2D eigenvalue weighted by molar-refractivity contribution is 5.35. The molecule has 2 unspecified atom stereocenters. The van der Waals surface area contributed by atoms with Gasteiger partial charge in [-0.25, -0.2) is 0 Å². The van der Waals surface area contributed by atoms with Crippen molar-refractivity contribution in [1.29, 1.82) is 0 Å². The van der Waals surface area contributed by atoms with E-state index in [-0.39, 0.29) is 6.10 Å². The fraction of sp³-hybridized carbons (Fsp3) is 0.600. The minimum Gasteiger partial charge on any atom is -0.496 e. The third kappa shape index (κ3) is 3.24. The number of ether oxygens (including phenoxy) is 2. The third-order valence-electron chi connectivity index (χ3n) is 3.28. The largest absolute Gasteiger partial charge is 0.496 e. The molecule has 1 aromatic carbocycles. The van der Waals surface area contributed by atoms with E-state index in [0.29, 0.717) is 12.0 Å². The lowest BCUT2D eigenvalue weighted by Gasteiger charge is -2.32. The molecule has 0 radical (unpaired) electrons. The third-order valence-corrected chi connectivity index (χ3v) is 3.28. The maximum Gasteiger partial charge on any atom is 0.124 e. The number of para-hydroxylation sites is 1. The number of methoxy groups -OCH3 is 1. The highest BCUT2D eigenvalue weighted by Gasteiger charge is 2.25. The highest BCUT2D eigenvalue weighted by atomic mass is 16.5. The molecule has 1 heterocycles. The zero-order valence-corrected chi connectivity index (χ0v) is 11.5. The van der Waals surface area contributed by atoms with Crippen molar-refractivity contribution in [2.45, 2.75) is 32.5 Å². The quantitative estimate of drug-likeness (QED) is 0.890. The molecule has 2 atom stereocenters. The smallest absolute Gasteiger partial charge is 0.124 e.